The monoisotopic (exact) mass is 301 g/mol. The molecule has 3 rings (SSSR count). The Morgan fingerprint density at radius 2 is 2.00 bits per heavy atom. The predicted molar refractivity (Wildman–Crippen MR) is 80.4 cm³/mol. The van der Waals surface area contributed by atoms with Crippen molar-refractivity contribution in [1.29, 1.82) is 0 Å². The fraction of sp³-hybridized carbons (Fsp3) is 0.412. The summed E-state index contributed by atoms with van der Waals surface area (Å²) in [6.45, 7) is 3.78. The first-order valence-corrected chi connectivity index (χ1v) is 7.29. The summed E-state index contributed by atoms with van der Waals surface area (Å²) in [5.41, 5.74) is 1.34. The van der Waals surface area contributed by atoms with E-state index in [1.807, 2.05) is 44.2 Å². The van der Waals surface area contributed by atoms with E-state index in [9.17, 15) is 9.59 Å². The molecule has 2 aliphatic heterocycles. The fourth-order valence-corrected chi connectivity index (χ4v) is 3.15. The van der Waals surface area contributed by atoms with Crippen molar-refractivity contribution in [3.63, 3.8) is 0 Å². The normalized spacial score (nSPS) is 26.0. The lowest BCUT2D eigenvalue weighted by Crippen LogP contribution is -2.53. The zero-order valence-corrected chi connectivity index (χ0v) is 12.9. The minimum atomic E-state index is -0.625. The fourth-order valence-electron chi connectivity index (χ4n) is 3.15. The third-order valence-electron chi connectivity index (χ3n) is 4.53. The lowest BCUT2D eigenvalue weighted by molar-refractivity contribution is -0.182. The van der Waals surface area contributed by atoms with E-state index in [1.165, 1.54) is 12.0 Å². The molecule has 1 fully saturated rings. The van der Waals surface area contributed by atoms with Gasteiger partial charge in [-0.05, 0) is 25.0 Å². The summed E-state index contributed by atoms with van der Waals surface area (Å²) in [4.78, 5) is 25.7. The van der Waals surface area contributed by atoms with E-state index < -0.39 is 17.7 Å². The van der Waals surface area contributed by atoms with Crippen molar-refractivity contribution in [3.05, 3.63) is 42.1 Å². The van der Waals surface area contributed by atoms with Crippen LogP contribution in [0.25, 0.3) is 5.57 Å². The van der Waals surface area contributed by atoms with Gasteiger partial charge in [0.05, 0.1) is 12.5 Å². The largest absolute Gasteiger partial charge is 0.452 e. The summed E-state index contributed by atoms with van der Waals surface area (Å²) in [5, 5.41) is 0. The quantitative estimate of drug-likeness (QED) is 0.748. The zero-order valence-electron chi connectivity index (χ0n) is 12.9. The van der Waals surface area contributed by atoms with Crippen LogP contribution in [0.15, 0.2) is 36.5 Å². The number of allylic oxidation sites excluding steroid dienone is 1. The summed E-state index contributed by atoms with van der Waals surface area (Å²) in [6, 6.07) is 9.79. The van der Waals surface area contributed by atoms with Crippen LogP contribution in [0.4, 0.5) is 4.79 Å². The number of nitrogens with zero attached hydrogens (tertiary/aromatic N) is 1. The number of benzene rings is 1. The van der Waals surface area contributed by atoms with Gasteiger partial charge in [-0.3, -0.25) is 4.79 Å². The Bertz CT molecular complexity index is 635. The molecule has 5 heteroatoms. The number of hydrogen-bond donors (Lipinski definition) is 0. The van der Waals surface area contributed by atoms with Crippen molar-refractivity contribution in [1.82, 2.24) is 4.90 Å². The number of fused-ring (bicyclic) bond motifs is 2. The van der Waals surface area contributed by atoms with Crippen LogP contribution in [-0.4, -0.2) is 30.3 Å². The molecule has 0 aromatic heterocycles. The molecule has 1 aromatic rings. The number of esters is 1. The predicted octanol–water partition coefficient (Wildman–Crippen LogP) is 3.02. The van der Waals surface area contributed by atoms with Crippen molar-refractivity contribution in [3.8, 4) is 0 Å². The van der Waals surface area contributed by atoms with Crippen molar-refractivity contribution in [2.75, 3.05) is 7.11 Å². The summed E-state index contributed by atoms with van der Waals surface area (Å²) in [6.07, 6.45) is 1.22. The summed E-state index contributed by atoms with van der Waals surface area (Å²) >= 11 is 0. The number of carbonyl (C=O) groups excluding carboxylic acids is 2. The molecule has 116 valence electrons. The molecule has 0 N–H and O–H groups in total. The third kappa shape index (κ3) is 2.17. The van der Waals surface area contributed by atoms with Crippen LogP contribution in [0, 0.1) is 11.3 Å². The Morgan fingerprint density at radius 1 is 1.32 bits per heavy atom. The van der Waals surface area contributed by atoms with Crippen LogP contribution < -0.4 is 0 Å². The number of rotatable bonds is 1. The van der Waals surface area contributed by atoms with Gasteiger partial charge in [0.25, 0.3) is 0 Å². The maximum atomic E-state index is 12.3. The molecule has 1 amide bonds. The van der Waals surface area contributed by atoms with E-state index in [1.54, 1.807) is 6.20 Å². The lowest BCUT2D eigenvalue weighted by atomic mass is 9.68. The average molecular weight is 301 g/mol. The molecule has 0 aliphatic carbocycles. The van der Waals surface area contributed by atoms with Crippen molar-refractivity contribution >= 4 is 17.6 Å². The van der Waals surface area contributed by atoms with Gasteiger partial charge in [0.2, 0.25) is 0 Å². The molecule has 2 aliphatic rings. The van der Waals surface area contributed by atoms with Crippen LogP contribution in [-0.2, 0) is 14.3 Å². The van der Waals surface area contributed by atoms with Crippen LogP contribution in [0.2, 0.25) is 0 Å². The number of carbonyl (C=O) groups is 2. The Labute approximate surface area is 129 Å². The topological polar surface area (TPSA) is 55.8 Å². The highest BCUT2D eigenvalue weighted by Gasteiger charge is 2.51. The first kappa shape index (κ1) is 14.6. The lowest BCUT2D eigenvalue weighted by Gasteiger charge is -2.47. The molecular weight excluding hydrogens is 282 g/mol. The molecule has 0 saturated carbocycles. The smallest absolute Gasteiger partial charge is 0.416 e. The Hall–Kier alpha value is -2.30. The number of ether oxygens (including phenoxy) is 2. The van der Waals surface area contributed by atoms with Crippen molar-refractivity contribution in [2.45, 2.75) is 26.5 Å². The number of methoxy groups -OCH3 is 1. The van der Waals surface area contributed by atoms with Gasteiger partial charge in [-0.25, -0.2) is 9.69 Å². The zero-order chi connectivity index (χ0) is 15.9. The van der Waals surface area contributed by atoms with Gasteiger partial charge in [0.1, 0.15) is 0 Å². The molecule has 0 radical (unpaired) electrons. The van der Waals surface area contributed by atoms with Gasteiger partial charge in [0, 0.05) is 18.5 Å². The van der Waals surface area contributed by atoms with E-state index in [-0.39, 0.29) is 11.9 Å². The summed E-state index contributed by atoms with van der Waals surface area (Å²) in [5.74, 6) is -0.286. The minimum absolute atomic E-state index is 0.00190. The van der Waals surface area contributed by atoms with E-state index in [4.69, 9.17) is 9.47 Å². The van der Waals surface area contributed by atoms with Crippen LogP contribution >= 0.6 is 0 Å². The Kier molecular flexibility index (Phi) is 3.43. The van der Waals surface area contributed by atoms with Gasteiger partial charge in [-0.15, -0.1) is 0 Å². The molecule has 0 spiro atoms. The van der Waals surface area contributed by atoms with E-state index in [0.29, 0.717) is 6.42 Å². The minimum Gasteiger partial charge on any atom is -0.452 e. The number of amides is 1. The summed E-state index contributed by atoms with van der Waals surface area (Å²) in [7, 11) is 1.32. The second-order valence-corrected chi connectivity index (χ2v) is 6.20. The van der Waals surface area contributed by atoms with Crippen LogP contribution in [0.5, 0.6) is 0 Å². The van der Waals surface area contributed by atoms with Gasteiger partial charge < -0.3 is 9.47 Å². The molecule has 0 unspecified atom stereocenters. The third-order valence-corrected chi connectivity index (χ3v) is 4.53. The highest BCUT2D eigenvalue weighted by molar-refractivity contribution is 5.85. The second-order valence-electron chi connectivity index (χ2n) is 6.20. The first-order valence-electron chi connectivity index (χ1n) is 7.29. The molecule has 22 heavy (non-hydrogen) atoms. The van der Waals surface area contributed by atoms with Crippen molar-refractivity contribution in [2.24, 2.45) is 11.3 Å². The molecule has 5 nitrogen and oxygen atoms in total. The SMILES string of the molecule is COC(=O)N1C=C(c2ccccc2)[C@@H]2C[C@H]1OC(=O)C2(C)C. The van der Waals surface area contributed by atoms with Gasteiger partial charge in [-0.1, -0.05) is 30.3 Å². The van der Waals surface area contributed by atoms with E-state index in [0.717, 1.165) is 11.1 Å². The van der Waals surface area contributed by atoms with Gasteiger partial charge >= 0.3 is 12.1 Å². The highest BCUT2D eigenvalue weighted by Crippen LogP contribution is 2.48. The molecule has 1 aromatic carbocycles. The summed E-state index contributed by atoms with van der Waals surface area (Å²) < 4.78 is 10.2. The first-order chi connectivity index (χ1) is 10.4. The Balaban J connectivity index is 2.11. The standard InChI is InChI=1S/C17H19NO4/c1-17(2)13-9-14(22-15(17)19)18(16(20)21-3)10-12(13)11-7-5-4-6-8-11/h4-8,10,13-14H,9H2,1-3H3/t13-,14+/m0/s1. The van der Waals surface area contributed by atoms with Gasteiger partial charge in [0.15, 0.2) is 6.23 Å². The van der Waals surface area contributed by atoms with Gasteiger partial charge in [-0.2, -0.15) is 0 Å². The van der Waals surface area contributed by atoms with Crippen LogP contribution in [0.1, 0.15) is 25.8 Å². The molecule has 2 atom stereocenters. The van der Waals surface area contributed by atoms with E-state index in [2.05, 4.69) is 0 Å². The van der Waals surface area contributed by atoms with Crippen molar-refractivity contribution < 1.29 is 19.1 Å². The molecule has 2 bridgehead atoms. The molecule has 1 saturated heterocycles. The number of hydrogen-bond acceptors (Lipinski definition) is 4. The highest BCUT2D eigenvalue weighted by atomic mass is 16.6. The Morgan fingerprint density at radius 3 is 2.64 bits per heavy atom. The van der Waals surface area contributed by atoms with Crippen LogP contribution in [0.3, 0.4) is 0 Å². The maximum Gasteiger partial charge on any atom is 0.416 e. The maximum absolute atomic E-state index is 12.3. The average Bonchev–Trinajstić information content (AvgIpc) is 2.53. The van der Waals surface area contributed by atoms with E-state index >= 15 is 0 Å². The second kappa shape index (κ2) is 5.16. The molecule has 2 heterocycles. The molecular formula is C17H19NO4.